The van der Waals surface area contributed by atoms with Crippen LogP contribution < -0.4 is 4.90 Å². The van der Waals surface area contributed by atoms with Gasteiger partial charge in [-0.2, -0.15) is 0 Å². The van der Waals surface area contributed by atoms with Crippen LogP contribution in [-0.4, -0.2) is 41.9 Å². The Labute approximate surface area is 133 Å². The maximum Gasteiger partial charge on any atom is 0.177 e. The molecule has 1 fully saturated rings. The summed E-state index contributed by atoms with van der Waals surface area (Å²) in [6.45, 7) is 5.03. The van der Waals surface area contributed by atoms with Gasteiger partial charge in [-0.3, -0.25) is 0 Å². The normalized spacial score (nSPS) is 19.9. The van der Waals surface area contributed by atoms with E-state index in [9.17, 15) is 16.8 Å². The number of hydrogen-bond donors (Lipinski definition) is 0. The Morgan fingerprint density at radius 2 is 1.73 bits per heavy atom. The third kappa shape index (κ3) is 3.46. The lowest BCUT2D eigenvalue weighted by atomic mass is 10.0. The predicted octanol–water partition coefficient (Wildman–Crippen LogP) is 2.12. The third-order valence-corrected chi connectivity index (χ3v) is 6.37. The maximum absolute atomic E-state index is 12.1. The van der Waals surface area contributed by atoms with E-state index in [2.05, 4.69) is 18.7 Å². The molecule has 1 aromatic rings. The average molecular weight is 345 g/mol. The zero-order chi connectivity index (χ0) is 16.7. The first-order valence-corrected chi connectivity index (χ1v) is 11.1. The van der Waals surface area contributed by atoms with Gasteiger partial charge in [-0.25, -0.2) is 16.8 Å². The van der Waals surface area contributed by atoms with Gasteiger partial charge in [0.1, 0.15) is 0 Å². The van der Waals surface area contributed by atoms with E-state index >= 15 is 0 Å². The number of nitrogens with zero attached hydrogens (tertiary/aromatic N) is 1. The lowest BCUT2D eigenvalue weighted by molar-refractivity contribution is 0.490. The minimum absolute atomic E-state index is 0.0389. The molecule has 1 atom stereocenters. The number of benzene rings is 1. The van der Waals surface area contributed by atoms with Crippen molar-refractivity contribution in [3.05, 3.63) is 18.2 Å². The molecule has 2 rings (SSSR count). The number of sulfone groups is 2. The molecule has 0 saturated carbocycles. The molecule has 0 bridgehead atoms. The largest absolute Gasteiger partial charge is 0.367 e. The topological polar surface area (TPSA) is 71.5 Å². The van der Waals surface area contributed by atoms with Crippen molar-refractivity contribution >= 4 is 25.4 Å². The molecule has 1 heterocycles. The molecular formula is C15H23NO4S2. The highest BCUT2D eigenvalue weighted by Gasteiger charge is 2.31. The second-order valence-corrected chi connectivity index (χ2v) is 10.3. The highest BCUT2D eigenvalue weighted by atomic mass is 32.2. The van der Waals surface area contributed by atoms with Gasteiger partial charge in [-0.1, -0.05) is 13.8 Å². The predicted molar refractivity (Wildman–Crippen MR) is 87.9 cm³/mol. The van der Waals surface area contributed by atoms with Crippen molar-refractivity contribution in [2.45, 2.75) is 42.5 Å². The molecule has 7 heteroatoms. The molecule has 0 spiro atoms. The van der Waals surface area contributed by atoms with Crippen LogP contribution in [0.1, 0.15) is 26.7 Å². The molecule has 0 unspecified atom stereocenters. The molecule has 1 aliphatic heterocycles. The van der Waals surface area contributed by atoms with Crippen LogP contribution in [0.25, 0.3) is 0 Å². The Kier molecular flexibility index (Phi) is 4.59. The average Bonchev–Trinajstić information content (AvgIpc) is 2.85. The van der Waals surface area contributed by atoms with Gasteiger partial charge in [-0.05, 0) is 37.0 Å². The molecule has 1 aromatic carbocycles. The molecule has 0 N–H and O–H groups in total. The second kappa shape index (κ2) is 5.85. The zero-order valence-corrected chi connectivity index (χ0v) is 15.0. The van der Waals surface area contributed by atoms with Crippen molar-refractivity contribution in [3.63, 3.8) is 0 Å². The Hall–Kier alpha value is -1.08. The van der Waals surface area contributed by atoms with E-state index in [1.54, 1.807) is 6.07 Å². The van der Waals surface area contributed by atoms with E-state index in [1.165, 1.54) is 12.1 Å². The summed E-state index contributed by atoms with van der Waals surface area (Å²) in [6, 6.07) is 4.70. The fourth-order valence-electron chi connectivity index (χ4n) is 3.04. The molecule has 0 radical (unpaired) electrons. The lowest BCUT2D eigenvalue weighted by Crippen LogP contribution is -2.34. The van der Waals surface area contributed by atoms with E-state index in [-0.39, 0.29) is 15.8 Å². The van der Waals surface area contributed by atoms with Gasteiger partial charge in [0.2, 0.25) is 0 Å². The Bertz CT molecular complexity index is 767. The molecule has 1 aliphatic rings. The minimum atomic E-state index is -3.51. The van der Waals surface area contributed by atoms with E-state index in [0.29, 0.717) is 11.6 Å². The first-order valence-electron chi connectivity index (χ1n) is 7.32. The molecule has 1 saturated heterocycles. The van der Waals surface area contributed by atoms with E-state index < -0.39 is 19.7 Å². The molecule has 0 aromatic heterocycles. The summed E-state index contributed by atoms with van der Waals surface area (Å²) in [6.07, 6.45) is 4.24. The van der Waals surface area contributed by atoms with E-state index in [1.807, 2.05) is 0 Å². The van der Waals surface area contributed by atoms with Crippen molar-refractivity contribution in [1.82, 2.24) is 0 Å². The quantitative estimate of drug-likeness (QED) is 0.836. The standard InChI is InChI=1S/C15H23NO4S2/c1-11(2)13-6-5-9-16(13)14-8-7-12(21(3,17)18)10-15(14)22(4,19)20/h7-8,10-11,13H,5-6,9H2,1-4H3/t13-/m0/s1. The van der Waals surface area contributed by atoms with E-state index in [4.69, 9.17) is 0 Å². The molecule has 0 aliphatic carbocycles. The van der Waals surface area contributed by atoms with Crippen LogP contribution in [0.15, 0.2) is 28.0 Å². The Morgan fingerprint density at radius 1 is 1.09 bits per heavy atom. The van der Waals surface area contributed by atoms with Crippen molar-refractivity contribution < 1.29 is 16.8 Å². The van der Waals surface area contributed by atoms with Gasteiger partial charge in [-0.15, -0.1) is 0 Å². The van der Waals surface area contributed by atoms with Crippen LogP contribution in [0.2, 0.25) is 0 Å². The van der Waals surface area contributed by atoms with Crippen molar-refractivity contribution in [1.29, 1.82) is 0 Å². The molecule has 22 heavy (non-hydrogen) atoms. The molecule has 5 nitrogen and oxygen atoms in total. The first-order chi connectivity index (χ1) is 10.0. The number of hydrogen-bond acceptors (Lipinski definition) is 5. The zero-order valence-electron chi connectivity index (χ0n) is 13.4. The SMILES string of the molecule is CC(C)[C@@H]1CCCN1c1ccc(S(C)(=O)=O)cc1S(C)(=O)=O. The van der Waals surface area contributed by atoms with Crippen molar-refractivity contribution in [3.8, 4) is 0 Å². The Morgan fingerprint density at radius 3 is 2.23 bits per heavy atom. The summed E-state index contributed by atoms with van der Waals surface area (Å²) in [5.74, 6) is 0.407. The summed E-state index contributed by atoms with van der Waals surface area (Å²) < 4.78 is 47.7. The molecular weight excluding hydrogens is 322 g/mol. The highest BCUT2D eigenvalue weighted by Crippen LogP contribution is 2.35. The molecule has 0 amide bonds. The van der Waals surface area contributed by atoms with Crippen LogP contribution in [0.4, 0.5) is 5.69 Å². The first kappa shape index (κ1) is 17.3. The summed E-state index contributed by atoms with van der Waals surface area (Å²) in [4.78, 5) is 2.24. The van der Waals surface area contributed by atoms with Gasteiger partial charge in [0.15, 0.2) is 19.7 Å². The summed E-state index contributed by atoms with van der Waals surface area (Å²) in [7, 11) is -6.95. The van der Waals surface area contributed by atoms with Gasteiger partial charge in [0.25, 0.3) is 0 Å². The monoisotopic (exact) mass is 345 g/mol. The smallest absolute Gasteiger partial charge is 0.177 e. The fourth-order valence-corrected chi connectivity index (χ4v) is 4.67. The van der Waals surface area contributed by atoms with Crippen LogP contribution in [0.5, 0.6) is 0 Å². The van der Waals surface area contributed by atoms with Crippen LogP contribution >= 0.6 is 0 Å². The van der Waals surface area contributed by atoms with Crippen LogP contribution in [-0.2, 0) is 19.7 Å². The summed E-state index contributed by atoms with van der Waals surface area (Å²) in [5, 5.41) is 0. The van der Waals surface area contributed by atoms with Gasteiger partial charge in [0.05, 0.1) is 15.5 Å². The maximum atomic E-state index is 12.1. The molecule has 124 valence electrons. The van der Waals surface area contributed by atoms with E-state index in [0.717, 1.165) is 31.9 Å². The lowest BCUT2D eigenvalue weighted by Gasteiger charge is -2.31. The Balaban J connectivity index is 2.62. The van der Waals surface area contributed by atoms with Crippen LogP contribution in [0, 0.1) is 5.92 Å². The second-order valence-electron chi connectivity index (χ2n) is 6.32. The number of rotatable bonds is 4. The van der Waals surface area contributed by atoms with Crippen molar-refractivity contribution in [2.24, 2.45) is 5.92 Å². The van der Waals surface area contributed by atoms with Gasteiger partial charge >= 0.3 is 0 Å². The minimum Gasteiger partial charge on any atom is -0.367 e. The summed E-state index contributed by atoms with van der Waals surface area (Å²) >= 11 is 0. The fraction of sp³-hybridized carbons (Fsp3) is 0.600. The number of anilines is 1. The van der Waals surface area contributed by atoms with Gasteiger partial charge in [0, 0.05) is 25.1 Å². The third-order valence-electron chi connectivity index (χ3n) is 4.14. The van der Waals surface area contributed by atoms with Crippen LogP contribution in [0.3, 0.4) is 0 Å². The summed E-state index contributed by atoms with van der Waals surface area (Å²) in [5.41, 5.74) is 0.617. The highest BCUT2D eigenvalue weighted by molar-refractivity contribution is 7.91. The van der Waals surface area contributed by atoms with Crippen molar-refractivity contribution in [2.75, 3.05) is 24.0 Å². The van der Waals surface area contributed by atoms with Gasteiger partial charge < -0.3 is 4.90 Å².